The SMILES string of the molecule is CC(=NNC(=O)[C@@H]1COc2ccccc2O1)c1cccc(F)c1. The average Bonchev–Trinajstić information content (AvgIpc) is 2.59. The highest BCUT2D eigenvalue weighted by molar-refractivity contribution is 5.99. The number of nitrogens with one attached hydrogen (secondary N) is 1. The van der Waals surface area contributed by atoms with Crippen molar-refractivity contribution in [2.24, 2.45) is 5.10 Å². The van der Waals surface area contributed by atoms with Crippen LogP contribution >= 0.6 is 0 Å². The Labute approximate surface area is 132 Å². The van der Waals surface area contributed by atoms with Crippen LogP contribution in [0.4, 0.5) is 4.39 Å². The van der Waals surface area contributed by atoms with Crippen molar-refractivity contribution in [1.82, 2.24) is 5.43 Å². The minimum atomic E-state index is -0.783. The largest absolute Gasteiger partial charge is 0.485 e. The zero-order chi connectivity index (χ0) is 16.2. The Morgan fingerprint density at radius 2 is 2.00 bits per heavy atom. The van der Waals surface area contributed by atoms with Gasteiger partial charge in [-0.05, 0) is 31.2 Å². The second-order valence-electron chi connectivity index (χ2n) is 5.05. The number of para-hydroxylation sites is 2. The first-order valence-corrected chi connectivity index (χ1v) is 7.12. The molecule has 5 nitrogen and oxygen atoms in total. The van der Waals surface area contributed by atoms with Gasteiger partial charge in [0.05, 0.1) is 5.71 Å². The Balaban J connectivity index is 1.65. The molecular weight excluding hydrogens is 299 g/mol. The highest BCUT2D eigenvalue weighted by Gasteiger charge is 2.27. The van der Waals surface area contributed by atoms with Gasteiger partial charge >= 0.3 is 0 Å². The van der Waals surface area contributed by atoms with Crippen LogP contribution in [0.3, 0.4) is 0 Å². The van der Waals surface area contributed by atoms with Gasteiger partial charge in [0.1, 0.15) is 12.4 Å². The van der Waals surface area contributed by atoms with Gasteiger partial charge in [-0.25, -0.2) is 9.82 Å². The summed E-state index contributed by atoms with van der Waals surface area (Å²) in [7, 11) is 0. The van der Waals surface area contributed by atoms with Crippen molar-refractivity contribution < 1.29 is 18.7 Å². The Morgan fingerprint density at radius 1 is 1.22 bits per heavy atom. The van der Waals surface area contributed by atoms with E-state index in [9.17, 15) is 9.18 Å². The van der Waals surface area contributed by atoms with Gasteiger partial charge < -0.3 is 9.47 Å². The van der Waals surface area contributed by atoms with Gasteiger partial charge in [0, 0.05) is 5.56 Å². The standard InChI is InChI=1S/C17H15FN2O3/c1-11(12-5-4-6-13(18)9-12)19-20-17(21)16-10-22-14-7-2-3-8-15(14)23-16/h2-9,16H,10H2,1H3,(H,20,21)/t16-/m0/s1. The number of hydrazone groups is 1. The van der Waals surface area contributed by atoms with E-state index in [0.717, 1.165) is 0 Å². The zero-order valence-corrected chi connectivity index (χ0v) is 12.5. The molecule has 1 N–H and O–H groups in total. The first kappa shape index (κ1) is 15.0. The minimum absolute atomic E-state index is 0.109. The third-order valence-corrected chi connectivity index (χ3v) is 3.38. The number of hydrogen-bond donors (Lipinski definition) is 1. The summed E-state index contributed by atoms with van der Waals surface area (Å²) in [4.78, 5) is 12.1. The number of halogens is 1. The summed E-state index contributed by atoms with van der Waals surface area (Å²) in [5, 5.41) is 3.98. The number of amides is 1. The van der Waals surface area contributed by atoms with E-state index in [-0.39, 0.29) is 12.4 Å². The number of ether oxygens (including phenoxy) is 2. The fraction of sp³-hybridized carbons (Fsp3) is 0.176. The molecule has 118 valence electrons. The van der Waals surface area contributed by atoms with Crippen molar-refractivity contribution in [3.63, 3.8) is 0 Å². The molecule has 0 bridgehead atoms. The maximum Gasteiger partial charge on any atom is 0.284 e. The molecule has 6 heteroatoms. The van der Waals surface area contributed by atoms with Gasteiger partial charge in [-0.2, -0.15) is 5.10 Å². The molecule has 0 saturated heterocycles. The third kappa shape index (κ3) is 3.48. The summed E-state index contributed by atoms with van der Waals surface area (Å²) in [6, 6.07) is 13.1. The van der Waals surface area contributed by atoms with Crippen LogP contribution in [0.15, 0.2) is 53.6 Å². The smallest absolute Gasteiger partial charge is 0.284 e. The molecule has 2 aromatic carbocycles. The lowest BCUT2D eigenvalue weighted by molar-refractivity contribution is -0.130. The molecule has 0 aromatic heterocycles. The molecule has 0 aliphatic carbocycles. The molecule has 23 heavy (non-hydrogen) atoms. The average molecular weight is 314 g/mol. The number of carbonyl (C=O) groups is 1. The number of carbonyl (C=O) groups excluding carboxylic acids is 1. The summed E-state index contributed by atoms with van der Waals surface area (Å²) in [5.74, 6) is 0.347. The number of nitrogens with zero attached hydrogens (tertiary/aromatic N) is 1. The quantitative estimate of drug-likeness (QED) is 0.699. The lowest BCUT2D eigenvalue weighted by Gasteiger charge is -2.24. The van der Waals surface area contributed by atoms with E-state index in [2.05, 4.69) is 10.5 Å². The second kappa shape index (κ2) is 6.48. The van der Waals surface area contributed by atoms with Gasteiger partial charge in [-0.1, -0.05) is 24.3 Å². The maximum atomic E-state index is 13.2. The molecule has 1 heterocycles. The fourth-order valence-corrected chi connectivity index (χ4v) is 2.14. The van der Waals surface area contributed by atoms with Crippen molar-refractivity contribution in [2.45, 2.75) is 13.0 Å². The number of benzene rings is 2. The van der Waals surface area contributed by atoms with Crippen LogP contribution in [-0.4, -0.2) is 24.3 Å². The van der Waals surface area contributed by atoms with Gasteiger partial charge in [0.15, 0.2) is 11.5 Å². The topological polar surface area (TPSA) is 59.9 Å². The molecule has 0 spiro atoms. The highest BCUT2D eigenvalue weighted by Crippen LogP contribution is 2.30. The Bertz CT molecular complexity index is 761. The summed E-state index contributed by atoms with van der Waals surface area (Å²) in [6.07, 6.45) is -0.783. The van der Waals surface area contributed by atoms with E-state index in [1.54, 1.807) is 37.3 Å². The fourth-order valence-electron chi connectivity index (χ4n) is 2.14. The molecule has 1 atom stereocenters. The summed E-state index contributed by atoms with van der Waals surface area (Å²) < 4.78 is 24.2. The van der Waals surface area contributed by atoms with Gasteiger partial charge in [0.25, 0.3) is 5.91 Å². The van der Waals surface area contributed by atoms with E-state index in [1.807, 2.05) is 6.07 Å². The predicted molar refractivity (Wildman–Crippen MR) is 83.1 cm³/mol. The van der Waals surface area contributed by atoms with Crippen LogP contribution in [0.25, 0.3) is 0 Å². The second-order valence-corrected chi connectivity index (χ2v) is 5.05. The summed E-state index contributed by atoms with van der Waals surface area (Å²) in [5.41, 5.74) is 3.51. The lowest BCUT2D eigenvalue weighted by Crippen LogP contribution is -2.42. The van der Waals surface area contributed by atoms with E-state index in [0.29, 0.717) is 22.8 Å². The minimum Gasteiger partial charge on any atom is -0.485 e. The van der Waals surface area contributed by atoms with Crippen LogP contribution < -0.4 is 14.9 Å². The molecule has 0 radical (unpaired) electrons. The maximum absolute atomic E-state index is 13.2. The summed E-state index contributed by atoms with van der Waals surface area (Å²) >= 11 is 0. The van der Waals surface area contributed by atoms with Crippen molar-refractivity contribution in [3.8, 4) is 11.5 Å². The molecule has 1 amide bonds. The van der Waals surface area contributed by atoms with Crippen LogP contribution in [0.2, 0.25) is 0 Å². The molecule has 0 fully saturated rings. The van der Waals surface area contributed by atoms with Crippen molar-refractivity contribution in [3.05, 3.63) is 59.9 Å². The lowest BCUT2D eigenvalue weighted by atomic mass is 10.1. The number of rotatable bonds is 3. The molecule has 1 aliphatic heterocycles. The molecule has 0 saturated carbocycles. The van der Waals surface area contributed by atoms with Crippen LogP contribution in [-0.2, 0) is 4.79 Å². The normalized spacial score (nSPS) is 16.8. The highest BCUT2D eigenvalue weighted by atomic mass is 19.1. The zero-order valence-electron chi connectivity index (χ0n) is 12.5. The van der Waals surface area contributed by atoms with E-state index in [1.165, 1.54) is 12.1 Å². The number of fused-ring (bicyclic) bond motifs is 1. The Hall–Kier alpha value is -2.89. The van der Waals surface area contributed by atoms with Crippen LogP contribution in [0.5, 0.6) is 11.5 Å². The monoisotopic (exact) mass is 314 g/mol. The Morgan fingerprint density at radius 3 is 2.78 bits per heavy atom. The first-order valence-electron chi connectivity index (χ1n) is 7.12. The first-order chi connectivity index (χ1) is 11.1. The number of hydrogen-bond acceptors (Lipinski definition) is 4. The van der Waals surface area contributed by atoms with Crippen LogP contribution in [0, 0.1) is 5.82 Å². The molecular formula is C17H15FN2O3. The predicted octanol–water partition coefficient (Wildman–Crippen LogP) is 2.51. The van der Waals surface area contributed by atoms with Crippen molar-refractivity contribution in [1.29, 1.82) is 0 Å². The molecule has 0 unspecified atom stereocenters. The van der Waals surface area contributed by atoms with Gasteiger partial charge in [-0.15, -0.1) is 0 Å². The summed E-state index contributed by atoms with van der Waals surface area (Å²) in [6.45, 7) is 1.79. The van der Waals surface area contributed by atoms with E-state index >= 15 is 0 Å². The Kier molecular flexibility index (Phi) is 4.23. The van der Waals surface area contributed by atoms with Gasteiger partial charge in [-0.3, -0.25) is 4.79 Å². The van der Waals surface area contributed by atoms with Crippen molar-refractivity contribution in [2.75, 3.05) is 6.61 Å². The van der Waals surface area contributed by atoms with Crippen molar-refractivity contribution >= 4 is 11.6 Å². The molecule has 3 rings (SSSR count). The van der Waals surface area contributed by atoms with Crippen LogP contribution in [0.1, 0.15) is 12.5 Å². The molecule has 2 aromatic rings. The van der Waals surface area contributed by atoms with E-state index in [4.69, 9.17) is 9.47 Å². The van der Waals surface area contributed by atoms with Gasteiger partial charge in [0.2, 0.25) is 6.10 Å². The molecule has 1 aliphatic rings. The van der Waals surface area contributed by atoms with E-state index < -0.39 is 12.0 Å². The third-order valence-electron chi connectivity index (χ3n) is 3.38.